The predicted octanol–water partition coefficient (Wildman–Crippen LogP) is 2.83. The van der Waals surface area contributed by atoms with E-state index in [0.29, 0.717) is 0 Å². The third-order valence-corrected chi connectivity index (χ3v) is 2.72. The fourth-order valence-electron chi connectivity index (χ4n) is 1.70. The first-order chi connectivity index (χ1) is 8.20. The van der Waals surface area contributed by atoms with Crippen LogP contribution < -0.4 is 5.32 Å². The summed E-state index contributed by atoms with van der Waals surface area (Å²) < 4.78 is 1.41. The normalized spacial score (nSPS) is 10.2. The van der Waals surface area contributed by atoms with Gasteiger partial charge in [0.1, 0.15) is 6.33 Å². The lowest BCUT2D eigenvalue weighted by Crippen LogP contribution is -2.17. The summed E-state index contributed by atoms with van der Waals surface area (Å²) in [6.07, 6.45) is 5.63. The first-order valence-corrected chi connectivity index (χ1v) is 5.59. The van der Waals surface area contributed by atoms with E-state index in [1.165, 1.54) is 22.0 Å². The average Bonchev–Trinajstić information content (AvgIpc) is 2.85. The van der Waals surface area contributed by atoms with Crippen LogP contribution in [0.5, 0.6) is 0 Å². The number of carbonyl (C=O) groups excluding carboxylic acids is 1. The van der Waals surface area contributed by atoms with Crippen LogP contribution in [0.4, 0.5) is 10.5 Å². The third-order valence-electron chi connectivity index (χ3n) is 2.72. The molecule has 0 atom stereocenters. The van der Waals surface area contributed by atoms with Gasteiger partial charge in [0.15, 0.2) is 0 Å². The molecule has 88 valence electrons. The largest absolute Gasteiger partial charge is 0.331 e. The molecule has 1 N–H and O–H groups in total. The number of hydrogen-bond donors (Lipinski definition) is 1. The smallest absolute Gasteiger partial charge is 0.307 e. The van der Waals surface area contributed by atoms with Crippen molar-refractivity contribution in [3.63, 3.8) is 0 Å². The number of imidazole rings is 1. The second-order valence-corrected chi connectivity index (χ2v) is 3.89. The van der Waals surface area contributed by atoms with E-state index in [4.69, 9.17) is 0 Å². The molecule has 1 heterocycles. The lowest BCUT2D eigenvalue weighted by molar-refractivity contribution is 0.253. The summed E-state index contributed by atoms with van der Waals surface area (Å²) >= 11 is 0. The molecule has 2 aromatic rings. The molecule has 0 spiro atoms. The molecular weight excluding hydrogens is 214 g/mol. The summed E-state index contributed by atoms with van der Waals surface area (Å²) in [5, 5.41) is 2.83. The maximum Gasteiger partial charge on any atom is 0.331 e. The van der Waals surface area contributed by atoms with Gasteiger partial charge in [0.25, 0.3) is 0 Å². The van der Waals surface area contributed by atoms with Gasteiger partial charge in [-0.3, -0.25) is 4.57 Å². The van der Waals surface area contributed by atoms with Gasteiger partial charge in [-0.1, -0.05) is 13.0 Å². The standard InChI is InChI=1S/C13H15N3O/c1-3-11-8-12(5-4-10(11)2)15-13(17)16-7-6-14-9-16/h4-9H,3H2,1-2H3,(H,15,17). The maximum atomic E-state index is 11.8. The SMILES string of the molecule is CCc1cc(NC(=O)n2ccnc2)ccc1C. The third kappa shape index (κ3) is 2.53. The van der Waals surface area contributed by atoms with E-state index in [-0.39, 0.29) is 6.03 Å². The highest BCUT2D eigenvalue weighted by Crippen LogP contribution is 2.16. The lowest BCUT2D eigenvalue weighted by Gasteiger charge is -2.08. The monoisotopic (exact) mass is 229 g/mol. The summed E-state index contributed by atoms with van der Waals surface area (Å²) in [7, 11) is 0. The fraction of sp³-hybridized carbons (Fsp3) is 0.231. The molecule has 0 saturated carbocycles. The highest BCUT2D eigenvalue weighted by Gasteiger charge is 2.05. The van der Waals surface area contributed by atoms with E-state index in [0.717, 1.165) is 12.1 Å². The van der Waals surface area contributed by atoms with Gasteiger partial charge >= 0.3 is 6.03 Å². The number of nitrogens with one attached hydrogen (secondary N) is 1. The van der Waals surface area contributed by atoms with Gasteiger partial charge in [0, 0.05) is 18.1 Å². The first kappa shape index (κ1) is 11.4. The first-order valence-electron chi connectivity index (χ1n) is 5.59. The minimum absolute atomic E-state index is 0.201. The number of hydrogen-bond acceptors (Lipinski definition) is 2. The van der Waals surface area contributed by atoms with Crippen LogP contribution in [0.3, 0.4) is 0 Å². The molecule has 0 radical (unpaired) electrons. The molecule has 2 rings (SSSR count). The van der Waals surface area contributed by atoms with Gasteiger partial charge in [-0.05, 0) is 36.6 Å². The Morgan fingerprint density at radius 1 is 1.47 bits per heavy atom. The Morgan fingerprint density at radius 2 is 2.29 bits per heavy atom. The maximum absolute atomic E-state index is 11.8. The summed E-state index contributed by atoms with van der Waals surface area (Å²) in [6.45, 7) is 4.17. The Labute approximate surface area is 100 Å². The Hall–Kier alpha value is -2.10. The van der Waals surface area contributed by atoms with Crippen molar-refractivity contribution in [2.75, 3.05) is 5.32 Å². The Kier molecular flexibility index (Phi) is 3.23. The van der Waals surface area contributed by atoms with Gasteiger partial charge in [-0.15, -0.1) is 0 Å². The van der Waals surface area contributed by atoms with Gasteiger partial charge in [-0.2, -0.15) is 0 Å². The number of rotatable bonds is 2. The van der Waals surface area contributed by atoms with Gasteiger partial charge in [0.2, 0.25) is 0 Å². The molecular formula is C13H15N3O. The lowest BCUT2D eigenvalue weighted by atomic mass is 10.1. The van der Waals surface area contributed by atoms with Crippen molar-refractivity contribution in [1.82, 2.24) is 9.55 Å². The van der Waals surface area contributed by atoms with E-state index >= 15 is 0 Å². The van der Waals surface area contributed by atoms with Crippen LogP contribution in [0.2, 0.25) is 0 Å². The highest BCUT2D eigenvalue weighted by molar-refractivity contribution is 5.90. The predicted molar refractivity (Wildman–Crippen MR) is 67.2 cm³/mol. The summed E-state index contributed by atoms with van der Waals surface area (Å²) in [5.74, 6) is 0. The van der Waals surface area contributed by atoms with Crippen LogP contribution in [-0.2, 0) is 6.42 Å². The van der Waals surface area contributed by atoms with E-state index in [1.807, 2.05) is 18.2 Å². The quantitative estimate of drug-likeness (QED) is 0.860. The van der Waals surface area contributed by atoms with E-state index in [2.05, 4.69) is 24.1 Å². The molecule has 0 fully saturated rings. The Bertz CT molecular complexity index is 517. The summed E-state index contributed by atoms with van der Waals surface area (Å²) in [4.78, 5) is 15.6. The van der Waals surface area contributed by atoms with Crippen LogP contribution >= 0.6 is 0 Å². The molecule has 0 bridgehead atoms. The van der Waals surface area contributed by atoms with Crippen molar-refractivity contribution in [1.29, 1.82) is 0 Å². The van der Waals surface area contributed by atoms with Crippen LogP contribution in [0.1, 0.15) is 18.1 Å². The summed E-state index contributed by atoms with van der Waals surface area (Å²) in [5.41, 5.74) is 3.30. The number of aromatic nitrogens is 2. The Balaban J connectivity index is 2.16. The van der Waals surface area contributed by atoms with Crippen molar-refractivity contribution in [3.05, 3.63) is 48.0 Å². The van der Waals surface area contributed by atoms with Crippen LogP contribution in [0.15, 0.2) is 36.9 Å². The molecule has 4 heteroatoms. The zero-order valence-electron chi connectivity index (χ0n) is 9.97. The minimum Gasteiger partial charge on any atom is -0.307 e. The fourth-order valence-corrected chi connectivity index (χ4v) is 1.70. The highest BCUT2D eigenvalue weighted by atomic mass is 16.2. The van der Waals surface area contributed by atoms with E-state index < -0.39 is 0 Å². The second-order valence-electron chi connectivity index (χ2n) is 3.89. The van der Waals surface area contributed by atoms with E-state index in [9.17, 15) is 4.79 Å². The Morgan fingerprint density at radius 3 is 2.94 bits per heavy atom. The molecule has 17 heavy (non-hydrogen) atoms. The minimum atomic E-state index is -0.201. The number of amides is 1. The molecule has 0 aliphatic carbocycles. The zero-order valence-corrected chi connectivity index (χ0v) is 9.97. The van der Waals surface area contributed by atoms with Gasteiger partial charge in [-0.25, -0.2) is 9.78 Å². The molecule has 1 aromatic carbocycles. The number of anilines is 1. The number of carbonyl (C=O) groups is 1. The van der Waals surface area contributed by atoms with Crippen molar-refractivity contribution in [2.45, 2.75) is 20.3 Å². The van der Waals surface area contributed by atoms with Crippen molar-refractivity contribution in [2.24, 2.45) is 0 Å². The molecule has 0 saturated heterocycles. The van der Waals surface area contributed by atoms with Crippen LogP contribution in [-0.4, -0.2) is 15.6 Å². The number of nitrogens with zero attached hydrogens (tertiary/aromatic N) is 2. The van der Waals surface area contributed by atoms with Crippen molar-refractivity contribution < 1.29 is 4.79 Å². The zero-order chi connectivity index (χ0) is 12.3. The summed E-state index contributed by atoms with van der Waals surface area (Å²) in [6, 6.07) is 5.73. The van der Waals surface area contributed by atoms with Crippen molar-refractivity contribution >= 4 is 11.7 Å². The van der Waals surface area contributed by atoms with Crippen LogP contribution in [0, 0.1) is 6.92 Å². The molecule has 0 aliphatic rings. The van der Waals surface area contributed by atoms with Crippen molar-refractivity contribution in [3.8, 4) is 0 Å². The molecule has 1 aromatic heterocycles. The molecule has 0 aliphatic heterocycles. The number of aryl methyl sites for hydroxylation is 2. The van der Waals surface area contributed by atoms with Gasteiger partial charge < -0.3 is 5.32 Å². The van der Waals surface area contributed by atoms with Gasteiger partial charge in [0.05, 0.1) is 0 Å². The van der Waals surface area contributed by atoms with Crippen LogP contribution in [0.25, 0.3) is 0 Å². The average molecular weight is 229 g/mol. The molecule has 4 nitrogen and oxygen atoms in total. The van der Waals surface area contributed by atoms with E-state index in [1.54, 1.807) is 12.4 Å². The molecule has 0 unspecified atom stereocenters. The molecule has 1 amide bonds. The second kappa shape index (κ2) is 4.82. The number of benzene rings is 1. The topological polar surface area (TPSA) is 46.9 Å².